The lowest BCUT2D eigenvalue weighted by atomic mass is 9.96. The van der Waals surface area contributed by atoms with Gasteiger partial charge in [-0.25, -0.2) is 9.98 Å². The van der Waals surface area contributed by atoms with Gasteiger partial charge in [-0.3, -0.25) is 4.99 Å². The summed E-state index contributed by atoms with van der Waals surface area (Å²) < 4.78 is 6.58. The van der Waals surface area contributed by atoms with Crippen molar-refractivity contribution in [1.29, 1.82) is 0 Å². The molecular weight excluding hydrogens is 426 g/mol. The zero-order chi connectivity index (χ0) is 18.5. The van der Waals surface area contributed by atoms with Gasteiger partial charge in [-0.15, -0.1) is 11.3 Å². The van der Waals surface area contributed by atoms with Gasteiger partial charge in [0.15, 0.2) is 17.7 Å². The van der Waals surface area contributed by atoms with E-state index in [-0.39, 0.29) is 6.67 Å². The normalized spacial score (nSPS) is 36.3. The molecule has 3 aliphatic heterocycles. The summed E-state index contributed by atoms with van der Waals surface area (Å²) in [5.41, 5.74) is 6.99. The number of aliphatic imine (C=N–C) groups is 3. The lowest BCUT2D eigenvalue weighted by Gasteiger charge is -2.32. The first-order valence-corrected chi connectivity index (χ1v) is 9.68. The van der Waals surface area contributed by atoms with Crippen LogP contribution in [0.5, 0.6) is 0 Å². The highest BCUT2D eigenvalue weighted by Gasteiger charge is 2.50. The highest BCUT2D eigenvalue weighted by atomic mass is 79.9. The third-order valence-electron chi connectivity index (χ3n) is 4.72. The lowest BCUT2D eigenvalue weighted by molar-refractivity contribution is -0.0688. The molecule has 0 radical (unpaired) electrons. The summed E-state index contributed by atoms with van der Waals surface area (Å²) in [6.45, 7) is -0.217. The van der Waals surface area contributed by atoms with E-state index in [9.17, 15) is 15.3 Å². The maximum Gasteiger partial charge on any atom is 0.162 e. The van der Waals surface area contributed by atoms with Crippen molar-refractivity contribution < 1.29 is 20.1 Å². The zero-order valence-corrected chi connectivity index (χ0v) is 16.0. The van der Waals surface area contributed by atoms with E-state index in [1.807, 2.05) is 11.4 Å². The fourth-order valence-corrected chi connectivity index (χ4v) is 4.58. The second-order valence-electron chi connectivity index (χ2n) is 6.36. The van der Waals surface area contributed by atoms with Crippen LogP contribution in [0.15, 0.2) is 30.2 Å². The minimum Gasteiger partial charge on any atom is -0.394 e. The summed E-state index contributed by atoms with van der Waals surface area (Å²) in [6, 6.07) is 1.98. The fraction of sp³-hybridized carbons (Fsp3) is 0.533. The fourth-order valence-electron chi connectivity index (χ4n) is 3.34. The van der Waals surface area contributed by atoms with Gasteiger partial charge in [-0.05, 0) is 32.9 Å². The molecule has 0 aromatic carbocycles. The highest BCUT2D eigenvalue weighted by molar-refractivity contribution is 9.11. The highest BCUT2D eigenvalue weighted by Crippen LogP contribution is 2.32. The number of halogens is 1. The molecule has 4 heterocycles. The van der Waals surface area contributed by atoms with Crippen molar-refractivity contribution in [3.05, 3.63) is 20.8 Å². The molecule has 1 fully saturated rings. The minimum atomic E-state index is -1.19. The Labute approximate surface area is 161 Å². The van der Waals surface area contributed by atoms with Crippen molar-refractivity contribution in [3.63, 3.8) is 0 Å². The molecule has 0 aliphatic carbocycles. The van der Waals surface area contributed by atoms with Gasteiger partial charge >= 0.3 is 0 Å². The summed E-state index contributed by atoms with van der Waals surface area (Å²) in [6.07, 6.45) is -2.28. The third-order valence-corrected chi connectivity index (χ3v) is 6.53. The summed E-state index contributed by atoms with van der Waals surface area (Å²) in [5.74, 6) is 0.462. The number of aliphatic hydroxyl groups excluding tert-OH is 3. The first-order chi connectivity index (χ1) is 12.4. The Bertz CT molecular complexity index is 799. The largest absolute Gasteiger partial charge is 0.394 e. The molecule has 9 nitrogen and oxygen atoms in total. The van der Waals surface area contributed by atoms with Crippen LogP contribution in [0.25, 0.3) is 0 Å². The van der Waals surface area contributed by atoms with Gasteiger partial charge in [0.25, 0.3) is 0 Å². The zero-order valence-electron chi connectivity index (χ0n) is 13.6. The Morgan fingerprint density at radius 1 is 1.42 bits per heavy atom. The number of hydrogen-bond donors (Lipinski definition) is 4. The maximum absolute atomic E-state index is 10.3. The molecule has 0 bridgehead atoms. The second-order valence-corrected chi connectivity index (χ2v) is 8.60. The lowest BCUT2D eigenvalue weighted by Crippen LogP contribution is -2.56. The molecule has 0 amide bonds. The molecule has 11 heteroatoms. The molecule has 5 atom stereocenters. The SMILES string of the molecule is NC1(Cc2ccsc2Br)N=CN=C2C1=NCN2[C@@H]1O[C@H](CO)[C@@H](O)[C@H]1O. The first kappa shape index (κ1) is 18.2. The summed E-state index contributed by atoms with van der Waals surface area (Å²) in [7, 11) is 0. The third kappa shape index (κ3) is 2.83. The average Bonchev–Trinajstić information content (AvgIpc) is 3.29. The molecule has 0 saturated carbocycles. The second kappa shape index (κ2) is 6.75. The van der Waals surface area contributed by atoms with Crippen molar-refractivity contribution in [2.24, 2.45) is 20.7 Å². The Balaban J connectivity index is 1.58. The summed E-state index contributed by atoms with van der Waals surface area (Å²) in [4.78, 5) is 14.7. The number of aliphatic hydroxyl groups is 3. The molecule has 4 rings (SSSR count). The van der Waals surface area contributed by atoms with E-state index in [0.29, 0.717) is 18.0 Å². The molecule has 1 unspecified atom stereocenters. The van der Waals surface area contributed by atoms with Crippen LogP contribution >= 0.6 is 27.3 Å². The van der Waals surface area contributed by atoms with E-state index in [2.05, 4.69) is 30.9 Å². The van der Waals surface area contributed by atoms with Gasteiger partial charge in [-0.2, -0.15) is 0 Å². The molecule has 0 spiro atoms. The van der Waals surface area contributed by atoms with Gasteiger partial charge in [0.2, 0.25) is 0 Å². The average molecular weight is 444 g/mol. The van der Waals surface area contributed by atoms with Crippen molar-refractivity contribution >= 4 is 45.2 Å². The molecule has 3 aliphatic rings. The number of amidine groups is 1. The molecule has 140 valence electrons. The molecule has 1 aromatic rings. The molecule has 1 saturated heterocycles. The van der Waals surface area contributed by atoms with Crippen LogP contribution in [0.2, 0.25) is 0 Å². The van der Waals surface area contributed by atoms with Crippen molar-refractivity contribution in [2.45, 2.75) is 36.6 Å². The number of nitrogens with two attached hydrogens (primary N) is 1. The minimum absolute atomic E-state index is 0.174. The number of ether oxygens (including phenoxy) is 1. The van der Waals surface area contributed by atoms with Crippen LogP contribution in [0.1, 0.15) is 5.56 Å². The van der Waals surface area contributed by atoms with Gasteiger partial charge in [0.1, 0.15) is 37.0 Å². The van der Waals surface area contributed by atoms with E-state index in [1.54, 1.807) is 16.2 Å². The number of hydrogen-bond acceptors (Lipinski definition) is 10. The molecular formula is C15H18BrN5O4S. The van der Waals surface area contributed by atoms with Gasteiger partial charge in [0.05, 0.1) is 10.4 Å². The van der Waals surface area contributed by atoms with Crippen molar-refractivity contribution in [3.8, 4) is 0 Å². The van der Waals surface area contributed by atoms with Crippen LogP contribution in [0.3, 0.4) is 0 Å². The molecule has 1 aromatic heterocycles. The number of nitrogens with zero attached hydrogens (tertiary/aromatic N) is 4. The Hall–Kier alpha value is -1.21. The van der Waals surface area contributed by atoms with E-state index >= 15 is 0 Å². The molecule has 5 N–H and O–H groups in total. The maximum atomic E-state index is 10.3. The Kier molecular flexibility index (Phi) is 4.72. The van der Waals surface area contributed by atoms with Gasteiger partial charge in [-0.1, -0.05) is 0 Å². The van der Waals surface area contributed by atoms with Crippen LogP contribution < -0.4 is 5.73 Å². The van der Waals surface area contributed by atoms with Crippen LogP contribution in [0.4, 0.5) is 0 Å². The van der Waals surface area contributed by atoms with Crippen molar-refractivity contribution in [2.75, 3.05) is 13.3 Å². The Morgan fingerprint density at radius 3 is 2.88 bits per heavy atom. The number of fused-ring (bicyclic) bond motifs is 1. The predicted octanol–water partition coefficient (Wildman–Crippen LogP) is -0.698. The quantitative estimate of drug-likeness (QED) is 0.485. The Morgan fingerprint density at radius 2 is 2.23 bits per heavy atom. The number of thiophene rings is 1. The number of rotatable bonds is 4. The topological polar surface area (TPSA) is 136 Å². The van der Waals surface area contributed by atoms with Crippen molar-refractivity contribution in [1.82, 2.24) is 4.90 Å². The van der Waals surface area contributed by atoms with Crippen LogP contribution in [-0.2, 0) is 11.2 Å². The first-order valence-electron chi connectivity index (χ1n) is 8.01. The van der Waals surface area contributed by atoms with Gasteiger partial charge < -0.3 is 30.7 Å². The summed E-state index contributed by atoms with van der Waals surface area (Å²) >= 11 is 5.08. The summed E-state index contributed by atoms with van der Waals surface area (Å²) in [5, 5.41) is 31.5. The van der Waals surface area contributed by atoms with Gasteiger partial charge in [0, 0.05) is 6.42 Å². The smallest absolute Gasteiger partial charge is 0.162 e. The van der Waals surface area contributed by atoms with Crippen LogP contribution in [0, 0.1) is 0 Å². The van der Waals surface area contributed by atoms with E-state index in [1.165, 1.54) is 6.34 Å². The van der Waals surface area contributed by atoms with E-state index in [4.69, 9.17) is 10.5 Å². The van der Waals surface area contributed by atoms with Crippen LogP contribution in [-0.4, -0.2) is 81.6 Å². The van der Waals surface area contributed by atoms with E-state index in [0.717, 1.165) is 9.35 Å². The standard InChI is InChI=1S/C15H18BrN5O4S/c16-12-7(1-2-26-12)3-15(17)11-13(18-5-20-15)21(6-19-11)14-10(24)9(23)8(4-22)25-14/h1-2,5,8-10,14,22-24H,3-4,6,17H2/t8-,9-,10-,14-,15?/m1/s1. The molecule has 26 heavy (non-hydrogen) atoms. The monoisotopic (exact) mass is 443 g/mol. The predicted molar refractivity (Wildman–Crippen MR) is 100 cm³/mol. The van der Waals surface area contributed by atoms with E-state index < -0.39 is 36.8 Å².